The topological polar surface area (TPSA) is 93.5 Å². The molecule has 0 bridgehead atoms. The van der Waals surface area contributed by atoms with Gasteiger partial charge in [0.15, 0.2) is 5.69 Å². The van der Waals surface area contributed by atoms with E-state index in [9.17, 15) is 9.59 Å². The third-order valence-corrected chi connectivity index (χ3v) is 5.23. The van der Waals surface area contributed by atoms with Gasteiger partial charge in [0.25, 0.3) is 11.8 Å². The fourth-order valence-electron chi connectivity index (χ4n) is 3.75. The van der Waals surface area contributed by atoms with E-state index in [1.165, 1.54) is 0 Å². The Kier molecular flexibility index (Phi) is 5.61. The summed E-state index contributed by atoms with van der Waals surface area (Å²) in [5.74, 6) is 0.217. The molecule has 4 heterocycles. The fourth-order valence-corrected chi connectivity index (χ4v) is 3.75. The zero-order valence-corrected chi connectivity index (χ0v) is 15.7. The summed E-state index contributed by atoms with van der Waals surface area (Å²) in [6.45, 7) is 4.36. The maximum atomic E-state index is 12.7. The van der Waals surface area contributed by atoms with E-state index in [0.29, 0.717) is 50.7 Å². The van der Waals surface area contributed by atoms with Crippen LogP contribution >= 0.6 is 0 Å². The van der Waals surface area contributed by atoms with Gasteiger partial charge in [-0.15, -0.1) is 5.10 Å². The number of pyridine rings is 1. The standard InChI is InChI=1S/C19H24N6O3/c26-18(16-3-5-20-6-4-16)24-7-1-2-15(12-24)13-25-14-17(21-22-25)19(27)23-8-10-28-11-9-23/h3-6,14-15H,1-2,7-13H2/t15-/m1/s1. The fraction of sp³-hybridized carbons (Fsp3) is 0.526. The van der Waals surface area contributed by atoms with Crippen molar-refractivity contribution >= 4 is 11.8 Å². The van der Waals surface area contributed by atoms with Gasteiger partial charge < -0.3 is 14.5 Å². The van der Waals surface area contributed by atoms with Crippen LogP contribution in [0.3, 0.4) is 0 Å². The van der Waals surface area contributed by atoms with Crippen molar-refractivity contribution in [3.8, 4) is 0 Å². The van der Waals surface area contributed by atoms with Crippen LogP contribution in [0.1, 0.15) is 33.7 Å². The summed E-state index contributed by atoms with van der Waals surface area (Å²) in [5, 5.41) is 8.18. The van der Waals surface area contributed by atoms with Crippen LogP contribution in [-0.2, 0) is 11.3 Å². The number of hydrogen-bond donors (Lipinski definition) is 0. The molecule has 2 aromatic rings. The smallest absolute Gasteiger partial charge is 0.276 e. The molecule has 2 aromatic heterocycles. The lowest BCUT2D eigenvalue weighted by Crippen LogP contribution is -2.41. The minimum atomic E-state index is -0.104. The molecule has 1 atom stereocenters. The van der Waals surface area contributed by atoms with Gasteiger partial charge in [-0.2, -0.15) is 0 Å². The van der Waals surface area contributed by atoms with E-state index in [0.717, 1.165) is 19.4 Å². The Morgan fingerprint density at radius 1 is 1.07 bits per heavy atom. The Balaban J connectivity index is 1.36. The minimum absolute atomic E-state index is 0.0360. The highest BCUT2D eigenvalue weighted by Crippen LogP contribution is 2.20. The van der Waals surface area contributed by atoms with Crippen molar-refractivity contribution in [1.82, 2.24) is 29.8 Å². The number of carbonyl (C=O) groups is 2. The highest BCUT2D eigenvalue weighted by Gasteiger charge is 2.26. The Morgan fingerprint density at radius 2 is 1.86 bits per heavy atom. The molecule has 0 saturated carbocycles. The first-order valence-corrected chi connectivity index (χ1v) is 9.67. The number of morpholine rings is 1. The predicted octanol–water partition coefficient (Wildman–Crippen LogP) is 0.698. The summed E-state index contributed by atoms with van der Waals surface area (Å²) in [5.41, 5.74) is 1.03. The Hall–Kier alpha value is -2.81. The van der Waals surface area contributed by atoms with E-state index < -0.39 is 0 Å². The normalized spacial score (nSPS) is 20.2. The van der Waals surface area contributed by atoms with Crippen LogP contribution in [0.2, 0.25) is 0 Å². The van der Waals surface area contributed by atoms with Crippen molar-refractivity contribution in [1.29, 1.82) is 0 Å². The lowest BCUT2D eigenvalue weighted by Gasteiger charge is -2.32. The van der Waals surface area contributed by atoms with Crippen LogP contribution in [0.5, 0.6) is 0 Å². The molecule has 0 radical (unpaired) electrons. The molecule has 0 unspecified atom stereocenters. The monoisotopic (exact) mass is 384 g/mol. The molecule has 2 aliphatic heterocycles. The van der Waals surface area contributed by atoms with Crippen molar-refractivity contribution < 1.29 is 14.3 Å². The summed E-state index contributed by atoms with van der Waals surface area (Å²) in [6.07, 6.45) is 6.96. The summed E-state index contributed by atoms with van der Waals surface area (Å²) in [7, 11) is 0. The van der Waals surface area contributed by atoms with Gasteiger partial charge in [-0.05, 0) is 30.9 Å². The molecule has 2 saturated heterocycles. The van der Waals surface area contributed by atoms with E-state index in [1.54, 1.807) is 40.3 Å². The predicted molar refractivity (Wildman–Crippen MR) is 99.6 cm³/mol. The number of piperidine rings is 1. The summed E-state index contributed by atoms with van der Waals surface area (Å²) >= 11 is 0. The van der Waals surface area contributed by atoms with Crippen LogP contribution in [0.4, 0.5) is 0 Å². The van der Waals surface area contributed by atoms with Gasteiger partial charge in [0.05, 0.1) is 19.4 Å². The summed E-state index contributed by atoms with van der Waals surface area (Å²) in [4.78, 5) is 32.8. The van der Waals surface area contributed by atoms with E-state index >= 15 is 0 Å². The molecule has 4 rings (SSSR count). The van der Waals surface area contributed by atoms with E-state index in [1.807, 2.05) is 4.90 Å². The van der Waals surface area contributed by atoms with Gasteiger partial charge in [0.2, 0.25) is 0 Å². The number of hydrogen-bond acceptors (Lipinski definition) is 6. The molecule has 2 fully saturated rings. The van der Waals surface area contributed by atoms with E-state index in [4.69, 9.17) is 4.74 Å². The second kappa shape index (κ2) is 8.47. The van der Waals surface area contributed by atoms with Crippen LogP contribution in [0, 0.1) is 5.92 Å². The van der Waals surface area contributed by atoms with Gasteiger partial charge in [-0.1, -0.05) is 5.21 Å². The number of carbonyl (C=O) groups excluding carboxylic acids is 2. The van der Waals surface area contributed by atoms with Gasteiger partial charge in [0, 0.05) is 50.7 Å². The van der Waals surface area contributed by atoms with Gasteiger partial charge in [-0.25, -0.2) is 0 Å². The molecule has 0 N–H and O–H groups in total. The van der Waals surface area contributed by atoms with Crippen molar-refractivity contribution in [3.63, 3.8) is 0 Å². The molecule has 9 heteroatoms. The number of likely N-dealkylation sites (tertiary alicyclic amines) is 1. The largest absolute Gasteiger partial charge is 0.378 e. The van der Waals surface area contributed by atoms with Crippen LogP contribution < -0.4 is 0 Å². The average Bonchev–Trinajstić information content (AvgIpc) is 3.22. The van der Waals surface area contributed by atoms with Crippen LogP contribution in [-0.4, -0.2) is 81.0 Å². The lowest BCUT2D eigenvalue weighted by atomic mass is 9.97. The third-order valence-electron chi connectivity index (χ3n) is 5.23. The van der Waals surface area contributed by atoms with E-state index in [-0.39, 0.29) is 17.7 Å². The molecular weight excluding hydrogens is 360 g/mol. The number of ether oxygens (including phenoxy) is 1. The Labute approximate surface area is 163 Å². The average molecular weight is 384 g/mol. The lowest BCUT2D eigenvalue weighted by molar-refractivity contribution is 0.0299. The first-order valence-electron chi connectivity index (χ1n) is 9.67. The summed E-state index contributed by atoms with van der Waals surface area (Å²) < 4.78 is 7.00. The van der Waals surface area contributed by atoms with Crippen molar-refractivity contribution in [2.24, 2.45) is 5.92 Å². The zero-order chi connectivity index (χ0) is 19.3. The Morgan fingerprint density at radius 3 is 2.64 bits per heavy atom. The van der Waals surface area contributed by atoms with Gasteiger partial charge in [-0.3, -0.25) is 19.3 Å². The highest BCUT2D eigenvalue weighted by atomic mass is 16.5. The highest BCUT2D eigenvalue weighted by molar-refractivity contribution is 5.94. The second-order valence-corrected chi connectivity index (χ2v) is 7.23. The summed E-state index contributed by atoms with van der Waals surface area (Å²) in [6, 6.07) is 3.49. The van der Waals surface area contributed by atoms with E-state index in [2.05, 4.69) is 15.3 Å². The first-order chi connectivity index (χ1) is 13.7. The number of amides is 2. The van der Waals surface area contributed by atoms with Crippen LogP contribution in [0.25, 0.3) is 0 Å². The maximum absolute atomic E-state index is 12.7. The SMILES string of the molecule is O=C(c1ccncc1)N1CCC[C@@H](Cn2cc(C(=O)N3CCOCC3)nn2)C1. The number of nitrogens with zero attached hydrogens (tertiary/aromatic N) is 6. The first kappa shape index (κ1) is 18.5. The zero-order valence-electron chi connectivity index (χ0n) is 15.7. The molecule has 0 aliphatic carbocycles. The number of rotatable bonds is 4. The molecule has 9 nitrogen and oxygen atoms in total. The van der Waals surface area contributed by atoms with Crippen molar-refractivity contribution in [2.45, 2.75) is 19.4 Å². The minimum Gasteiger partial charge on any atom is -0.378 e. The Bertz CT molecular complexity index is 818. The molecule has 0 spiro atoms. The van der Waals surface area contributed by atoms with Gasteiger partial charge in [0.1, 0.15) is 0 Å². The van der Waals surface area contributed by atoms with Crippen LogP contribution in [0.15, 0.2) is 30.7 Å². The third kappa shape index (κ3) is 4.19. The molecular formula is C19H24N6O3. The quantitative estimate of drug-likeness (QED) is 0.770. The molecule has 28 heavy (non-hydrogen) atoms. The second-order valence-electron chi connectivity index (χ2n) is 7.23. The van der Waals surface area contributed by atoms with Gasteiger partial charge >= 0.3 is 0 Å². The molecule has 2 aliphatic rings. The van der Waals surface area contributed by atoms with Crippen molar-refractivity contribution in [3.05, 3.63) is 42.0 Å². The molecule has 0 aromatic carbocycles. The molecule has 148 valence electrons. The molecule has 2 amide bonds. The number of aromatic nitrogens is 4. The van der Waals surface area contributed by atoms with Crippen molar-refractivity contribution in [2.75, 3.05) is 39.4 Å². The maximum Gasteiger partial charge on any atom is 0.276 e.